The number of aromatic nitrogens is 3. The first kappa shape index (κ1) is 26.2. The summed E-state index contributed by atoms with van der Waals surface area (Å²) >= 11 is 0. The number of piperazine rings is 1. The zero-order valence-corrected chi connectivity index (χ0v) is 24.1. The van der Waals surface area contributed by atoms with E-state index in [1.807, 2.05) is 30.5 Å². The largest absolute Gasteiger partial charge is 0.508 e. The van der Waals surface area contributed by atoms with Crippen molar-refractivity contribution in [3.8, 4) is 35.4 Å². The van der Waals surface area contributed by atoms with Crippen LogP contribution in [0.25, 0.3) is 32.9 Å². The number of hydrogen-bond acceptors (Lipinski definition) is 8. The van der Waals surface area contributed by atoms with Gasteiger partial charge in [0, 0.05) is 61.0 Å². The van der Waals surface area contributed by atoms with Crippen LogP contribution >= 0.6 is 0 Å². The number of anilines is 1. The number of terminal acetylenes is 1. The van der Waals surface area contributed by atoms with Crippen molar-refractivity contribution >= 4 is 27.5 Å². The van der Waals surface area contributed by atoms with Crippen molar-refractivity contribution in [3.63, 3.8) is 0 Å². The Morgan fingerprint density at radius 2 is 1.84 bits per heavy atom. The lowest BCUT2D eigenvalue weighted by molar-refractivity contribution is 0.108. The van der Waals surface area contributed by atoms with Crippen molar-refractivity contribution in [2.45, 2.75) is 43.3 Å². The molecule has 8 heteroatoms. The molecule has 0 radical (unpaired) electrons. The highest BCUT2D eigenvalue weighted by Crippen LogP contribution is 2.43. The Morgan fingerprint density at radius 3 is 2.58 bits per heavy atom. The smallest absolute Gasteiger partial charge is 0.319 e. The van der Waals surface area contributed by atoms with Crippen molar-refractivity contribution in [1.29, 1.82) is 0 Å². The summed E-state index contributed by atoms with van der Waals surface area (Å²) in [4.78, 5) is 19.6. The Kier molecular flexibility index (Phi) is 5.97. The lowest BCUT2D eigenvalue weighted by atomic mass is 9.92. The number of rotatable bonds is 5. The Labute approximate surface area is 251 Å². The van der Waals surface area contributed by atoms with Crippen LogP contribution in [0.5, 0.6) is 11.8 Å². The van der Waals surface area contributed by atoms with Crippen LogP contribution in [0.15, 0.2) is 66.9 Å². The number of ether oxygens (including phenoxy) is 1. The van der Waals surface area contributed by atoms with Gasteiger partial charge in [-0.05, 0) is 55.3 Å². The number of benzene rings is 2. The molecule has 2 N–H and O–H groups in total. The number of aromatic hydroxyl groups is 1. The molecule has 0 aliphatic carbocycles. The Bertz CT molecular complexity index is 1840. The molecule has 8 nitrogen and oxygen atoms in total. The van der Waals surface area contributed by atoms with Gasteiger partial charge in [0.1, 0.15) is 18.2 Å². The highest BCUT2D eigenvalue weighted by molar-refractivity contribution is 6.02. The monoisotopic (exact) mass is 570 g/mol. The molecular formula is C35H34N6O2. The molecule has 4 aliphatic heterocycles. The van der Waals surface area contributed by atoms with Crippen LogP contribution in [-0.2, 0) is 0 Å². The summed E-state index contributed by atoms with van der Waals surface area (Å²) in [6.45, 7) is 12.5. The van der Waals surface area contributed by atoms with E-state index in [2.05, 4.69) is 34.2 Å². The van der Waals surface area contributed by atoms with E-state index in [1.165, 1.54) is 24.0 Å². The van der Waals surface area contributed by atoms with Gasteiger partial charge in [-0.2, -0.15) is 9.97 Å². The maximum Gasteiger partial charge on any atom is 0.319 e. The minimum absolute atomic E-state index is 0.143. The highest BCUT2D eigenvalue weighted by Gasteiger charge is 2.48. The lowest BCUT2D eigenvalue weighted by Crippen LogP contribution is -2.51. The number of fused-ring (bicyclic) bond motifs is 5. The third-order valence-electron chi connectivity index (χ3n) is 9.58. The van der Waals surface area contributed by atoms with Gasteiger partial charge < -0.3 is 20.1 Å². The van der Waals surface area contributed by atoms with Crippen LogP contribution in [0.4, 0.5) is 5.82 Å². The van der Waals surface area contributed by atoms with Crippen LogP contribution in [-0.4, -0.2) is 75.4 Å². The second kappa shape index (κ2) is 9.80. The molecule has 0 saturated carbocycles. The second-order valence-electron chi connectivity index (χ2n) is 12.7. The van der Waals surface area contributed by atoms with Gasteiger partial charge in [0.2, 0.25) is 0 Å². The summed E-state index contributed by atoms with van der Waals surface area (Å²) < 4.78 is 6.50. The van der Waals surface area contributed by atoms with Crippen molar-refractivity contribution in [1.82, 2.24) is 25.2 Å². The first-order valence-electron chi connectivity index (χ1n) is 15.0. The van der Waals surface area contributed by atoms with Crippen molar-refractivity contribution in [3.05, 3.63) is 72.5 Å². The number of nitrogens with one attached hydrogen (secondary N) is 1. The van der Waals surface area contributed by atoms with Crippen LogP contribution in [0.3, 0.4) is 0 Å². The van der Waals surface area contributed by atoms with E-state index in [-0.39, 0.29) is 11.3 Å². The molecule has 4 aliphatic rings. The number of hydrogen-bond donors (Lipinski definition) is 2. The predicted octanol–water partition coefficient (Wildman–Crippen LogP) is 4.81. The van der Waals surface area contributed by atoms with Crippen LogP contribution in [0, 0.1) is 12.3 Å². The quantitative estimate of drug-likeness (QED) is 0.261. The third-order valence-corrected chi connectivity index (χ3v) is 9.58. The molecule has 216 valence electrons. The predicted molar refractivity (Wildman–Crippen MR) is 169 cm³/mol. The van der Waals surface area contributed by atoms with Crippen molar-refractivity contribution < 1.29 is 9.84 Å². The van der Waals surface area contributed by atoms with Gasteiger partial charge >= 0.3 is 6.01 Å². The molecule has 2 aromatic heterocycles. The maximum atomic E-state index is 10.6. The zero-order valence-electron chi connectivity index (χ0n) is 24.1. The average molecular weight is 571 g/mol. The molecule has 43 heavy (non-hydrogen) atoms. The average Bonchev–Trinajstić information content (AvgIpc) is 3.60. The van der Waals surface area contributed by atoms with Gasteiger partial charge in [-0.1, -0.05) is 42.4 Å². The molecule has 4 aromatic rings. The molecule has 6 heterocycles. The van der Waals surface area contributed by atoms with Gasteiger partial charge in [-0.3, -0.25) is 9.88 Å². The summed E-state index contributed by atoms with van der Waals surface area (Å²) in [6.07, 6.45) is 11.9. The second-order valence-corrected chi connectivity index (χ2v) is 12.7. The molecular weight excluding hydrogens is 536 g/mol. The van der Waals surface area contributed by atoms with E-state index in [0.29, 0.717) is 30.4 Å². The summed E-state index contributed by atoms with van der Waals surface area (Å²) in [5.41, 5.74) is 5.24. The van der Waals surface area contributed by atoms with E-state index in [1.54, 1.807) is 12.1 Å². The molecule has 4 saturated heterocycles. The first-order valence-corrected chi connectivity index (χ1v) is 15.0. The SMILES string of the molecule is C#Cc1cccc2cc(O)cc(-c3cc4nc(OCC56CC(=C)CN5CC(=C)C6)nc(N5C[C@H]6CC[C@@H](C5)N6)c4cn3)c12. The Balaban J connectivity index is 1.24. The van der Waals surface area contributed by atoms with E-state index < -0.39 is 0 Å². The highest BCUT2D eigenvalue weighted by atomic mass is 16.5. The fourth-order valence-electron chi connectivity index (χ4n) is 7.80. The van der Waals surface area contributed by atoms with Crippen LogP contribution < -0.4 is 15.0 Å². The summed E-state index contributed by atoms with van der Waals surface area (Å²) in [5, 5.41) is 16.9. The van der Waals surface area contributed by atoms with Crippen LogP contribution in [0.2, 0.25) is 0 Å². The molecule has 8 rings (SSSR count). The van der Waals surface area contributed by atoms with E-state index in [4.69, 9.17) is 26.1 Å². The lowest BCUT2D eigenvalue weighted by Gasteiger charge is -2.34. The number of phenolic OH excluding ortho intramolecular Hbond substituents is 1. The maximum absolute atomic E-state index is 10.6. The van der Waals surface area contributed by atoms with Crippen molar-refractivity contribution in [2.75, 3.05) is 37.7 Å². The minimum Gasteiger partial charge on any atom is -0.508 e. The topological polar surface area (TPSA) is 86.6 Å². The molecule has 0 spiro atoms. The van der Waals surface area contributed by atoms with E-state index >= 15 is 0 Å². The summed E-state index contributed by atoms with van der Waals surface area (Å²) in [6, 6.07) is 12.4. The normalized spacial score (nSPS) is 22.8. The van der Waals surface area contributed by atoms with E-state index in [9.17, 15) is 5.11 Å². The van der Waals surface area contributed by atoms with Gasteiger partial charge in [0.15, 0.2) is 0 Å². The number of phenols is 1. The fourth-order valence-corrected chi connectivity index (χ4v) is 7.80. The summed E-state index contributed by atoms with van der Waals surface area (Å²) in [5.74, 6) is 3.80. The molecule has 2 bridgehead atoms. The van der Waals surface area contributed by atoms with Gasteiger partial charge in [-0.15, -0.1) is 6.42 Å². The first-order chi connectivity index (χ1) is 20.9. The standard InChI is InChI=1S/C35H34N6O2/c1-4-23-6-5-7-24-10-27(42)11-28(32(23)24)30-12-31-29(15-36-30)33(40-18-25-8-9-26(19-40)37-25)39-34(38-31)43-20-35-13-21(2)16-41(35)17-22(3)14-35/h1,5-7,10-12,15,25-26,37,42H,2-3,8-9,13-14,16-20H2/t25-,26+. The molecule has 0 unspecified atom stereocenters. The summed E-state index contributed by atoms with van der Waals surface area (Å²) in [7, 11) is 0. The van der Waals surface area contributed by atoms with Crippen molar-refractivity contribution in [2.24, 2.45) is 0 Å². The fraction of sp³-hybridized carbons (Fsp3) is 0.343. The van der Waals surface area contributed by atoms with E-state index in [0.717, 1.165) is 77.6 Å². The number of nitrogens with zero attached hydrogens (tertiary/aromatic N) is 5. The van der Waals surface area contributed by atoms with Gasteiger partial charge in [0.05, 0.1) is 22.1 Å². The zero-order chi connectivity index (χ0) is 29.3. The Morgan fingerprint density at radius 1 is 1.07 bits per heavy atom. The third kappa shape index (κ3) is 4.43. The van der Waals surface area contributed by atoms with Gasteiger partial charge in [-0.25, -0.2) is 0 Å². The Hall–Kier alpha value is -4.45. The number of pyridine rings is 1. The molecule has 0 amide bonds. The molecule has 2 aromatic carbocycles. The molecule has 2 atom stereocenters. The van der Waals surface area contributed by atoms with Gasteiger partial charge in [0.25, 0.3) is 0 Å². The van der Waals surface area contributed by atoms with Crippen LogP contribution in [0.1, 0.15) is 31.2 Å². The molecule has 4 fully saturated rings. The minimum atomic E-state index is -0.143.